The van der Waals surface area contributed by atoms with Gasteiger partial charge in [-0.1, -0.05) is 63.8 Å². The predicted octanol–water partition coefficient (Wildman–Crippen LogP) is 8.91. The topological polar surface area (TPSA) is 12.9 Å². The van der Waals surface area contributed by atoms with E-state index in [0.717, 1.165) is 12.1 Å². The standard InChI is InChI=1S/C12H27P.C11H6F2N.C6H5.Ir/c1-4-7-10-13(11-8-5-2)12-9-6-3;12-8-4-5-9(10(13)7-8)11-3-1-2-6-14-11;1-2-4-6-5-3-1;/h4-12H2,1-3H3;1-4,6-7H;1-5H;/q;2*-1;/p+1. The van der Waals surface area contributed by atoms with Gasteiger partial charge < -0.3 is 4.98 Å². The Labute approximate surface area is 220 Å². The first-order valence-electron chi connectivity index (χ1n) is 12.1. The number of aromatic nitrogens is 1. The molecule has 34 heavy (non-hydrogen) atoms. The zero-order valence-corrected chi connectivity index (χ0v) is 24.1. The summed E-state index contributed by atoms with van der Waals surface area (Å²) in [5.74, 6) is -1.29. The van der Waals surface area contributed by atoms with E-state index < -0.39 is 11.6 Å². The van der Waals surface area contributed by atoms with Crippen LogP contribution in [0.25, 0.3) is 11.3 Å². The summed E-state index contributed by atoms with van der Waals surface area (Å²) < 4.78 is 25.8. The third-order valence-corrected chi connectivity index (χ3v) is 8.22. The third-order valence-electron chi connectivity index (χ3n) is 5.04. The number of pyridine rings is 1. The van der Waals surface area contributed by atoms with E-state index in [1.165, 1.54) is 38.5 Å². The summed E-state index contributed by atoms with van der Waals surface area (Å²) in [5, 5.41) is 0. The smallest absolute Gasteiger partial charge is 0.0571 e. The average molecular weight is 663 g/mol. The van der Waals surface area contributed by atoms with Crippen molar-refractivity contribution in [3.63, 3.8) is 0 Å². The van der Waals surface area contributed by atoms with Crippen LogP contribution in [0.5, 0.6) is 0 Å². The van der Waals surface area contributed by atoms with Gasteiger partial charge in [-0.15, -0.1) is 12.1 Å². The van der Waals surface area contributed by atoms with Crippen LogP contribution in [0.3, 0.4) is 0 Å². The molecule has 0 unspecified atom stereocenters. The van der Waals surface area contributed by atoms with Crippen molar-refractivity contribution in [2.45, 2.75) is 59.3 Å². The number of halogens is 2. The van der Waals surface area contributed by atoms with Gasteiger partial charge in [0.25, 0.3) is 0 Å². The van der Waals surface area contributed by atoms with Crippen molar-refractivity contribution in [1.29, 1.82) is 0 Å². The van der Waals surface area contributed by atoms with Crippen molar-refractivity contribution in [2.24, 2.45) is 0 Å². The van der Waals surface area contributed by atoms with Crippen molar-refractivity contribution >= 4 is 7.92 Å². The number of hydrogen-bond donors (Lipinski definition) is 0. The summed E-state index contributed by atoms with van der Waals surface area (Å²) in [6, 6.07) is 22.0. The minimum absolute atomic E-state index is 0. The monoisotopic (exact) mass is 663 g/mol. The second-order valence-electron chi connectivity index (χ2n) is 7.89. The molecule has 0 saturated carbocycles. The van der Waals surface area contributed by atoms with E-state index in [-0.39, 0.29) is 33.6 Å². The maximum Gasteiger partial charge on any atom is 0.0571 e. The van der Waals surface area contributed by atoms with E-state index in [2.05, 4.69) is 37.9 Å². The van der Waals surface area contributed by atoms with Gasteiger partial charge in [0.2, 0.25) is 0 Å². The van der Waals surface area contributed by atoms with Gasteiger partial charge in [-0.05, 0) is 31.0 Å². The zero-order chi connectivity index (χ0) is 24.2. The second kappa shape index (κ2) is 22.0. The molecule has 0 atom stereocenters. The van der Waals surface area contributed by atoms with E-state index in [1.54, 1.807) is 42.9 Å². The summed E-state index contributed by atoms with van der Waals surface area (Å²) in [7, 11) is 0.0675. The molecule has 0 aliphatic rings. The normalized spacial score (nSPS) is 9.82. The van der Waals surface area contributed by atoms with Crippen LogP contribution in [0.4, 0.5) is 8.78 Å². The van der Waals surface area contributed by atoms with Crippen LogP contribution in [0.15, 0.2) is 66.9 Å². The van der Waals surface area contributed by atoms with Gasteiger partial charge in [-0.25, -0.2) is 0 Å². The maximum absolute atomic E-state index is 13.2. The molecule has 0 aliphatic heterocycles. The van der Waals surface area contributed by atoms with Crippen LogP contribution in [-0.2, 0) is 20.1 Å². The fraction of sp³-hybridized carbons (Fsp3) is 0.414. The number of rotatable bonds is 10. The molecule has 1 nitrogen and oxygen atoms in total. The third kappa shape index (κ3) is 15.4. The van der Waals surface area contributed by atoms with E-state index in [4.69, 9.17) is 0 Å². The first-order chi connectivity index (χ1) is 16.1. The van der Waals surface area contributed by atoms with E-state index in [9.17, 15) is 8.78 Å². The molecule has 0 saturated heterocycles. The molecule has 0 amide bonds. The van der Waals surface area contributed by atoms with Crippen LogP contribution in [0, 0.1) is 23.8 Å². The summed E-state index contributed by atoms with van der Waals surface area (Å²) in [5.41, 5.74) is 0.636. The van der Waals surface area contributed by atoms with E-state index >= 15 is 0 Å². The molecule has 3 rings (SSSR count). The molecular formula is C29H39F2IrNP-. The molecule has 0 bridgehead atoms. The van der Waals surface area contributed by atoms with Gasteiger partial charge in [-0.2, -0.15) is 36.4 Å². The molecule has 189 valence electrons. The Hall–Kier alpha value is -1.47. The maximum atomic E-state index is 13.2. The van der Waals surface area contributed by atoms with Crippen molar-refractivity contribution in [1.82, 2.24) is 4.98 Å². The summed E-state index contributed by atoms with van der Waals surface area (Å²) in [6.07, 6.45) is 15.0. The van der Waals surface area contributed by atoms with Gasteiger partial charge in [0.05, 0.1) is 18.5 Å². The Bertz CT molecular complexity index is 788. The molecular weight excluding hydrogens is 624 g/mol. The fourth-order valence-corrected chi connectivity index (χ4v) is 6.46. The number of hydrogen-bond acceptors (Lipinski definition) is 1. The molecule has 3 aromatic rings. The van der Waals surface area contributed by atoms with Crippen LogP contribution in [0.2, 0.25) is 0 Å². The SMILES string of the molecule is CCCC[PH+](CCCC)CCCC.Fc1c[c-]c(-c2ccccn2)c(F)c1.[Ir].[c-]1ccccc1. The minimum atomic E-state index is -0.649. The molecule has 2 aromatic carbocycles. The van der Waals surface area contributed by atoms with Crippen LogP contribution >= 0.6 is 7.92 Å². The van der Waals surface area contributed by atoms with Crippen molar-refractivity contribution in [2.75, 3.05) is 18.5 Å². The summed E-state index contributed by atoms with van der Waals surface area (Å²) >= 11 is 0. The van der Waals surface area contributed by atoms with Gasteiger partial charge in [0.15, 0.2) is 0 Å². The number of benzene rings is 2. The van der Waals surface area contributed by atoms with Crippen molar-refractivity contribution in [3.8, 4) is 11.3 Å². The first-order valence-corrected chi connectivity index (χ1v) is 14.3. The quantitative estimate of drug-likeness (QED) is 0.156. The van der Waals surface area contributed by atoms with Gasteiger partial charge in [0.1, 0.15) is 0 Å². The Morgan fingerprint density at radius 1 is 0.824 bits per heavy atom. The number of nitrogens with zero attached hydrogens (tertiary/aromatic N) is 1. The molecule has 1 radical (unpaired) electrons. The second-order valence-corrected chi connectivity index (χ2v) is 10.9. The fourth-order valence-electron chi connectivity index (χ4n) is 3.15. The van der Waals surface area contributed by atoms with Crippen LogP contribution in [-0.4, -0.2) is 23.5 Å². The summed E-state index contributed by atoms with van der Waals surface area (Å²) in [6.45, 7) is 6.96. The van der Waals surface area contributed by atoms with Crippen molar-refractivity contribution < 1.29 is 28.9 Å². The van der Waals surface area contributed by atoms with Gasteiger partial charge in [0, 0.05) is 45.9 Å². The first kappa shape index (κ1) is 32.5. The van der Waals surface area contributed by atoms with E-state index in [0.29, 0.717) is 5.69 Å². The zero-order valence-electron chi connectivity index (χ0n) is 20.8. The van der Waals surface area contributed by atoms with Gasteiger partial charge >= 0.3 is 0 Å². The Kier molecular flexibility index (Phi) is 21.1. The largest absolute Gasteiger partial charge is 0.305 e. The molecule has 1 heterocycles. The Morgan fingerprint density at radius 3 is 1.79 bits per heavy atom. The summed E-state index contributed by atoms with van der Waals surface area (Å²) in [4.78, 5) is 3.95. The Balaban J connectivity index is 0.000000507. The average Bonchev–Trinajstić information content (AvgIpc) is 2.86. The van der Waals surface area contributed by atoms with Crippen molar-refractivity contribution in [3.05, 3.63) is 90.6 Å². The van der Waals surface area contributed by atoms with E-state index in [1.807, 2.05) is 30.3 Å². The minimum Gasteiger partial charge on any atom is -0.305 e. The van der Waals surface area contributed by atoms with Crippen LogP contribution < -0.4 is 0 Å². The molecule has 0 aliphatic carbocycles. The molecule has 5 heteroatoms. The Morgan fingerprint density at radius 2 is 1.41 bits per heavy atom. The molecule has 1 aromatic heterocycles. The van der Waals surface area contributed by atoms with Gasteiger partial charge in [-0.3, -0.25) is 8.78 Å². The molecule has 0 spiro atoms. The predicted molar refractivity (Wildman–Crippen MR) is 141 cm³/mol. The number of unbranched alkanes of at least 4 members (excludes halogenated alkanes) is 3. The molecule has 0 N–H and O–H groups in total. The van der Waals surface area contributed by atoms with Crippen LogP contribution in [0.1, 0.15) is 59.3 Å². The molecule has 0 fully saturated rings.